The lowest BCUT2D eigenvalue weighted by Gasteiger charge is -2.38. The van der Waals surface area contributed by atoms with Crippen molar-refractivity contribution in [3.63, 3.8) is 0 Å². The zero-order valence-electron chi connectivity index (χ0n) is 14.7. The number of hydrogen-bond acceptors (Lipinski definition) is 3. The molecule has 0 aromatic heterocycles. The molecule has 1 aliphatic carbocycles. The summed E-state index contributed by atoms with van der Waals surface area (Å²) in [5.41, 5.74) is 3.02. The maximum Gasteiger partial charge on any atom is 0.0590 e. The highest BCUT2D eigenvalue weighted by Crippen LogP contribution is 2.44. The van der Waals surface area contributed by atoms with Crippen LogP contribution in [0, 0.1) is 5.41 Å². The first-order valence-electron chi connectivity index (χ1n) is 8.75. The van der Waals surface area contributed by atoms with Crippen LogP contribution in [0.25, 0.3) is 0 Å². The zero-order chi connectivity index (χ0) is 16.0. The van der Waals surface area contributed by atoms with Gasteiger partial charge in [-0.2, -0.15) is 5.10 Å². The fourth-order valence-electron chi connectivity index (χ4n) is 3.63. The van der Waals surface area contributed by atoms with E-state index in [4.69, 9.17) is 5.10 Å². The van der Waals surface area contributed by atoms with Gasteiger partial charge in [0.05, 0.1) is 5.69 Å². The van der Waals surface area contributed by atoms with E-state index in [-0.39, 0.29) is 0 Å². The van der Waals surface area contributed by atoms with E-state index in [1.54, 1.807) is 0 Å². The van der Waals surface area contributed by atoms with Gasteiger partial charge in [0.2, 0.25) is 0 Å². The van der Waals surface area contributed by atoms with Gasteiger partial charge in [-0.1, -0.05) is 32.0 Å². The van der Waals surface area contributed by atoms with Crippen molar-refractivity contribution in [3.05, 3.63) is 30.3 Å². The molecule has 3 nitrogen and oxygen atoms in total. The highest BCUT2D eigenvalue weighted by atomic mass is 15.4. The molecule has 1 aromatic carbocycles. The number of anilines is 1. The molecule has 2 fully saturated rings. The van der Waals surface area contributed by atoms with E-state index in [1.165, 1.54) is 56.6 Å². The number of hydrazone groups is 1. The van der Waals surface area contributed by atoms with Crippen molar-refractivity contribution >= 4 is 11.4 Å². The van der Waals surface area contributed by atoms with Crippen molar-refractivity contribution in [2.45, 2.75) is 46.0 Å². The van der Waals surface area contributed by atoms with E-state index < -0.39 is 0 Å². The number of piperidine rings is 1. The lowest BCUT2D eigenvalue weighted by molar-refractivity contribution is 0.180. The maximum absolute atomic E-state index is 4.98. The molecule has 22 heavy (non-hydrogen) atoms. The van der Waals surface area contributed by atoms with Crippen molar-refractivity contribution in [1.82, 2.24) is 4.90 Å². The van der Waals surface area contributed by atoms with Gasteiger partial charge >= 0.3 is 0 Å². The highest BCUT2D eigenvalue weighted by molar-refractivity contribution is 5.92. The van der Waals surface area contributed by atoms with Crippen LogP contribution in [0.2, 0.25) is 0 Å². The third kappa shape index (κ3) is 3.70. The molecular weight excluding hydrogens is 270 g/mol. The van der Waals surface area contributed by atoms with Crippen LogP contribution in [0.3, 0.4) is 0 Å². The van der Waals surface area contributed by atoms with Gasteiger partial charge in [0.15, 0.2) is 0 Å². The van der Waals surface area contributed by atoms with E-state index in [9.17, 15) is 0 Å². The summed E-state index contributed by atoms with van der Waals surface area (Å²) >= 11 is 0. The first-order chi connectivity index (χ1) is 10.7. The molecule has 2 aliphatic rings. The van der Waals surface area contributed by atoms with Gasteiger partial charge in [-0.3, -0.25) is 5.01 Å². The predicted molar refractivity (Wildman–Crippen MR) is 96.6 cm³/mol. The normalized spacial score (nSPS) is 22.5. The Bertz CT molecular complexity index is 473. The van der Waals surface area contributed by atoms with Crippen LogP contribution in [-0.4, -0.2) is 37.8 Å². The van der Waals surface area contributed by atoms with E-state index in [2.05, 4.69) is 54.3 Å². The Morgan fingerprint density at radius 1 is 1.05 bits per heavy atom. The first kappa shape index (κ1) is 17.0. The molecule has 3 rings (SSSR count). The summed E-state index contributed by atoms with van der Waals surface area (Å²) in [4.78, 5) is 2.45. The molecule has 1 saturated carbocycles. The lowest BCUT2D eigenvalue weighted by Crippen LogP contribution is -2.41. The van der Waals surface area contributed by atoms with Crippen LogP contribution in [0.15, 0.2) is 35.4 Å². The van der Waals surface area contributed by atoms with Crippen LogP contribution in [-0.2, 0) is 0 Å². The summed E-state index contributed by atoms with van der Waals surface area (Å²) in [5, 5.41) is 7.04. The second kappa shape index (κ2) is 7.77. The molecule has 1 heterocycles. The molecule has 0 N–H and O–H groups in total. The Labute approximate surface area is 136 Å². The van der Waals surface area contributed by atoms with Crippen LogP contribution >= 0.6 is 0 Å². The first-order valence-corrected chi connectivity index (χ1v) is 8.75. The Balaban J connectivity index is 0.000000847. The standard InChI is InChI=1S/C17H25N3.C2H6/c1-19-13-11-17(12-14-19)10-6-9-16(17)18-20(2)15-7-4-3-5-8-15;1-2/h3-5,7-8H,6,9-14H2,1-2H3;1-2H3. The molecule has 0 unspecified atom stereocenters. The van der Waals surface area contributed by atoms with Crippen LogP contribution in [0.1, 0.15) is 46.0 Å². The molecule has 0 atom stereocenters. The average molecular weight is 301 g/mol. The molecule has 0 amide bonds. The SMILES string of the molecule is CC.CN1CCC2(CCCC2=NN(C)c2ccccc2)CC1. The van der Waals surface area contributed by atoms with Crippen LogP contribution in [0.4, 0.5) is 5.69 Å². The number of likely N-dealkylation sites (tertiary alicyclic amines) is 1. The van der Waals surface area contributed by atoms with Gasteiger partial charge < -0.3 is 4.90 Å². The number of para-hydroxylation sites is 1. The fourth-order valence-corrected chi connectivity index (χ4v) is 3.63. The largest absolute Gasteiger partial charge is 0.306 e. The molecular formula is C19H31N3. The molecule has 1 saturated heterocycles. The summed E-state index contributed by atoms with van der Waals surface area (Å²) in [7, 11) is 4.30. The zero-order valence-corrected chi connectivity index (χ0v) is 14.7. The Morgan fingerprint density at radius 2 is 1.68 bits per heavy atom. The van der Waals surface area contributed by atoms with Gasteiger partial charge in [0.25, 0.3) is 0 Å². The highest BCUT2D eigenvalue weighted by Gasteiger charge is 2.42. The van der Waals surface area contributed by atoms with E-state index >= 15 is 0 Å². The van der Waals surface area contributed by atoms with Gasteiger partial charge in [-0.15, -0.1) is 0 Å². The van der Waals surface area contributed by atoms with E-state index in [1.807, 2.05) is 13.8 Å². The van der Waals surface area contributed by atoms with Crippen molar-refractivity contribution in [2.24, 2.45) is 10.5 Å². The van der Waals surface area contributed by atoms with Crippen LogP contribution < -0.4 is 5.01 Å². The van der Waals surface area contributed by atoms with E-state index in [0.717, 1.165) is 0 Å². The Hall–Kier alpha value is -1.35. The fraction of sp³-hybridized carbons (Fsp3) is 0.632. The van der Waals surface area contributed by atoms with Crippen molar-refractivity contribution < 1.29 is 0 Å². The number of hydrogen-bond donors (Lipinski definition) is 0. The summed E-state index contributed by atoms with van der Waals surface area (Å²) in [6.07, 6.45) is 6.39. The summed E-state index contributed by atoms with van der Waals surface area (Å²) < 4.78 is 0. The minimum atomic E-state index is 0.398. The van der Waals surface area contributed by atoms with E-state index in [0.29, 0.717) is 5.41 Å². The summed E-state index contributed by atoms with van der Waals surface area (Å²) in [6.45, 7) is 6.43. The smallest absolute Gasteiger partial charge is 0.0590 e. The molecule has 122 valence electrons. The summed E-state index contributed by atoms with van der Waals surface area (Å²) in [6, 6.07) is 10.5. The third-order valence-corrected chi connectivity index (χ3v) is 5.03. The van der Waals surface area contributed by atoms with Crippen molar-refractivity contribution in [2.75, 3.05) is 32.2 Å². The topological polar surface area (TPSA) is 18.8 Å². The Kier molecular flexibility index (Phi) is 6.01. The third-order valence-electron chi connectivity index (χ3n) is 5.03. The second-order valence-corrected chi connectivity index (χ2v) is 6.34. The number of nitrogens with zero attached hydrogens (tertiary/aromatic N) is 3. The van der Waals surface area contributed by atoms with Crippen molar-refractivity contribution in [1.29, 1.82) is 0 Å². The van der Waals surface area contributed by atoms with Crippen molar-refractivity contribution in [3.8, 4) is 0 Å². The van der Waals surface area contributed by atoms with Gasteiger partial charge in [0, 0.05) is 18.2 Å². The molecule has 1 aromatic rings. The number of benzene rings is 1. The summed E-state index contributed by atoms with van der Waals surface area (Å²) in [5.74, 6) is 0. The lowest BCUT2D eigenvalue weighted by atomic mass is 9.76. The minimum Gasteiger partial charge on any atom is -0.306 e. The quantitative estimate of drug-likeness (QED) is 0.754. The van der Waals surface area contributed by atoms with Crippen LogP contribution in [0.5, 0.6) is 0 Å². The second-order valence-electron chi connectivity index (χ2n) is 6.34. The molecule has 3 heteroatoms. The Morgan fingerprint density at radius 3 is 2.32 bits per heavy atom. The average Bonchev–Trinajstić information content (AvgIpc) is 2.95. The van der Waals surface area contributed by atoms with Gasteiger partial charge in [-0.05, 0) is 64.4 Å². The van der Waals surface area contributed by atoms with Gasteiger partial charge in [0.1, 0.15) is 0 Å². The monoisotopic (exact) mass is 301 g/mol. The predicted octanol–water partition coefficient (Wildman–Crippen LogP) is 4.40. The molecule has 0 radical (unpaired) electrons. The number of rotatable bonds is 2. The molecule has 1 spiro atoms. The molecule has 0 bridgehead atoms. The van der Waals surface area contributed by atoms with Gasteiger partial charge in [-0.25, -0.2) is 0 Å². The molecule has 1 aliphatic heterocycles. The minimum absolute atomic E-state index is 0.398. The maximum atomic E-state index is 4.98.